The van der Waals surface area contributed by atoms with Gasteiger partial charge in [-0.05, 0) is 43.4 Å². The summed E-state index contributed by atoms with van der Waals surface area (Å²) in [7, 11) is 0. The van der Waals surface area contributed by atoms with E-state index in [4.69, 9.17) is 5.73 Å². The second-order valence-corrected chi connectivity index (χ2v) is 9.10. The van der Waals surface area contributed by atoms with Crippen molar-refractivity contribution in [2.75, 3.05) is 13.2 Å². The van der Waals surface area contributed by atoms with E-state index in [1.54, 1.807) is 12.1 Å². The molecular formula is C23H28F3N5O5. The van der Waals surface area contributed by atoms with Crippen LogP contribution in [0.15, 0.2) is 24.4 Å². The first-order chi connectivity index (χ1) is 16.9. The molecule has 10 nitrogen and oxygen atoms in total. The number of hydrogen-bond acceptors (Lipinski definition) is 6. The van der Waals surface area contributed by atoms with Crippen LogP contribution in [0.1, 0.15) is 49.6 Å². The van der Waals surface area contributed by atoms with E-state index in [1.165, 1.54) is 16.8 Å². The molecule has 0 saturated carbocycles. The maximum absolute atomic E-state index is 13.5. The number of nitrogens with one attached hydrogen (secondary N) is 2. The summed E-state index contributed by atoms with van der Waals surface area (Å²) in [5, 5.41) is 5.66. The Morgan fingerprint density at radius 1 is 1.33 bits per heavy atom. The molecule has 0 aromatic carbocycles. The Labute approximate surface area is 204 Å². The molecule has 3 amide bonds. The lowest BCUT2D eigenvalue weighted by Gasteiger charge is -2.26. The quantitative estimate of drug-likeness (QED) is 0.420. The average Bonchev–Trinajstić information content (AvgIpc) is 3.38. The number of pyridine rings is 1. The fourth-order valence-electron chi connectivity index (χ4n) is 4.28. The Bertz CT molecular complexity index is 1150. The summed E-state index contributed by atoms with van der Waals surface area (Å²) in [4.78, 5) is 54.7. The highest BCUT2D eigenvalue weighted by Crippen LogP contribution is 2.28. The minimum atomic E-state index is -5.04. The summed E-state index contributed by atoms with van der Waals surface area (Å²) >= 11 is 0. The van der Waals surface area contributed by atoms with Gasteiger partial charge in [0.1, 0.15) is 24.0 Å². The third kappa shape index (κ3) is 6.59. The monoisotopic (exact) mass is 511 g/mol. The molecule has 13 heteroatoms. The average molecular weight is 512 g/mol. The lowest BCUT2D eigenvalue weighted by atomic mass is 9.95. The van der Waals surface area contributed by atoms with Crippen LogP contribution in [0.25, 0.3) is 11.0 Å². The van der Waals surface area contributed by atoms with Crippen LogP contribution in [0.4, 0.5) is 13.2 Å². The second kappa shape index (κ2) is 11.1. The number of nitrogens with two attached hydrogens (primary N) is 1. The lowest BCUT2D eigenvalue weighted by Crippen LogP contribution is -2.47. The highest BCUT2D eigenvalue weighted by Gasteiger charge is 2.37. The minimum Gasteiger partial charge on any atom is -0.364 e. The summed E-state index contributed by atoms with van der Waals surface area (Å²) in [6.07, 6.45) is -3.18. The number of hydrogen-bond donors (Lipinski definition) is 3. The van der Waals surface area contributed by atoms with Crippen molar-refractivity contribution < 1.29 is 37.1 Å². The molecule has 3 rings (SSSR count). The van der Waals surface area contributed by atoms with Gasteiger partial charge < -0.3 is 20.9 Å². The maximum Gasteiger partial charge on any atom is 0.522 e. The van der Waals surface area contributed by atoms with E-state index in [2.05, 4.69) is 20.4 Å². The van der Waals surface area contributed by atoms with E-state index >= 15 is 0 Å². The van der Waals surface area contributed by atoms with Crippen molar-refractivity contribution in [1.82, 2.24) is 20.2 Å². The number of nitrogens with zero attached hydrogens (tertiary/aromatic N) is 2. The third-order valence-electron chi connectivity index (χ3n) is 5.92. The molecule has 1 fully saturated rings. The van der Waals surface area contributed by atoms with Gasteiger partial charge in [-0.3, -0.25) is 23.9 Å². The zero-order chi connectivity index (χ0) is 26.6. The molecule has 1 aliphatic rings. The van der Waals surface area contributed by atoms with Crippen LogP contribution in [-0.4, -0.2) is 58.6 Å². The first kappa shape index (κ1) is 27.1. The van der Waals surface area contributed by atoms with Crippen LogP contribution in [0.3, 0.4) is 0 Å². The summed E-state index contributed by atoms with van der Waals surface area (Å²) < 4.78 is 42.7. The van der Waals surface area contributed by atoms with Crippen molar-refractivity contribution in [1.29, 1.82) is 0 Å². The number of ether oxygens (including phenoxy) is 1. The van der Waals surface area contributed by atoms with E-state index < -0.39 is 48.6 Å². The predicted molar refractivity (Wildman–Crippen MR) is 121 cm³/mol. The number of aromatic nitrogens is 2. The standard InChI is InChI=1S/C23H28F3N5O5/c1-12(2)8-17(31-16(19(27)33)10-13-4-3-6-28-20(13)31)22(35)30-15(9-14-5-7-29-21(14)34)18(32)11-36-23(24,25)26/h3-4,6,10,12,14-15,17H,5,7-9,11H2,1-2H3,(H2,27,33)(H,29,34)(H,30,35)/t14-,15-,17-/m0/s1. The number of halogens is 3. The Morgan fingerprint density at radius 3 is 2.64 bits per heavy atom. The molecule has 1 aliphatic heterocycles. The van der Waals surface area contributed by atoms with Crippen LogP contribution >= 0.6 is 0 Å². The molecular weight excluding hydrogens is 483 g/mol. The summed E-state index contributed by atoms with van der Waals surface area (Å²) in [6, 6.07) is 2.35. The number of rotatable bonds is 11. The predicted octanol–water partition coefficient (Wildman–Crippen LogP) is 1.84. The third-order valence-corrected chi connectivity index (χ3v) is 5.92. The molecule has 0 aliphatic carbocycles. The minimum absolute atomic E-state index is 0.0166. The molecule has 0 radical (unpaired) electrons. The van der Waals surface area contributed by atoms with E-state index in [0.717, 1.165) is 0 Å². The van der Waals surface area contributed by atoms with E-state index in [-0.39, 0.29) is 30.4 Å². The van der Waals surface area contributed by atoms with E-state index in [0.29, 0.717) is 24.0 Å². The molecule has 2 aromatic heterocycles. The van der Waals surface area contributed by atoms with Crippen molar-refractivity contribution in [2.45, 2.75) is 51.6 Å². The van der Waals surface area contributed by atoms with Gasteiger partial charge in [0.05, 0.1) is 6.04 Å². The zero-order valence-electron chi connectivity index (χ0n) is 19.8. The van der Waals surface area contributed by atoms with Crippen LogP contribution in [-0.2, 0) is 19.1 Å². The number of primary amides is 1. The Morgan fingerprint density at radius 2 is 2.06 bits per heavy atom. The molecule has 0 spiro atoms. The molecule has 0 unspecified atom stereocenters. The Balaban J connectivity index is 1.95. The smallest absolute Gasteiger partial charge is 0.364 e. The van der Waals surface area contributed by atoms with Gasteiger partial charge in [0.2, 0.25) is 11.8 Å². The van der Waals surface area contributed by atoms with Gasteiger partial charge in [0.15, 0.2) is 5.78 Å². The molecule has 3 atom stereocenters. The number of amides is 3. The van der Waals surface area contributed by atoms with Crippen LogP contribution in [0.5, 0.6) is 0 Å². The fourth-order valence-corrected chi connectivity index (χ4v) is 4.28. The van der Waals surface area contributed by atoms with E-state index in [9.17, 15) is 32.3 Å². The molecule has 4 N–H and O–H groups in total. The molecule has 36 heavy (non-hydrogen) atoms. The fraction of sp³-hybridized carbons (Fsp3) is 0.522. The summed E-state index contributed by atoms with van der Waals surface area (Å²) in [5.41, 5.74) is 5.89. The first-order valence-electron chi connectivity index (χ1n) is 11.4. The van der Waals surface area contributed by atoms with Gasteiger partial charge in [-0.1, -0.05) is 13.8 Å². The van der Waals surface area contributed by atoms with Gasteiger partial charge in [0.25, 0.3) is 5.91 Å². The lowest BCUT2D eigenvalue weighted by molar-refractivity contribution is -0.321. The maximum atomic E-state index is 13.5. The van der Waals surface area contributed by atoms with Crippen molar-refractivity contribution in [2.24, 2.45) is 17.6 Å². The highest BCUT2D eigenvalue weighted by molar-refractivity contribution is 5.99. The number of alkyl halides is 3. The van der Waals surface area contributed by atoms with Crippen molar-refractivity contribution >= 4 is 34.5 Å². The second-order valence-electron chi connectivity index (χ2n) is 9.10. The largest absolute Gasteiger partial charge is 0.522 e. The van der Waals surface area contributed by atoms with Crippen molar-refractivity contribution in [3.05, 3.63) is 30.1 Å². The molecule has 2 aromatic rings. The number of Topliss-reactive ketones (excluding diaryl/α,β-unsaturated/α-hetero) is 1. The molecule has 3 heterocycles. The first-order valence-corrected chi connectivity index (χ1v) is 11.4. The van der Waals surface area contributed by atoms with E-state index in [1.807, 2.05) is 13.8 Å². The Hall–Kier alpha value is -3.48. The SMILES string of the molecule is CC(C)C[C@@H](C(=O)N[C@@H](C[C@@H]1CCNC1=O)C(=O)COC(F)(F)F)n1c(C(N)=O)cc2cccnc21. The number of ketones is 1. The Kier molecular flexibility index (Phi) is 8.33. The van der Waals surface area contributed by atoms with Crippen LogP contribution < -0.4 is 16.4 Å². The molecule has 0 bridgehead atoms. The number of carbonyl (C=O) groups excluding carboxylic acids is 4. The zero-order valence-corrected chi connectivity index (χ0v) is 19.8. The summed E-state index contributed by atoms with van der Waals surface area (Å²) in [5.74, 6) is -3.64. The molecule has 1 saturated heterocycles. The van der Waals surface area contributed by atoms with Gasteiger partial charge in [0, 0.05) is 24.0 Å². The van der Waals surface area contributed by atoms with Gasteiger partial charge in [-0.2, -0.15) is 0 Å². The van der Waals surface area contributed by atoms with Crippen molar-refractivity contribution in [3.63, 3.8) is 0 Å². The number of carbonyl (C=O) groups is 4. The normalized spacial score (nSPS) is 17.7. The van der Waals surface area contributed by atoms with Gasteiger partial charge in [-0.15, -0.1) is 13.2 Å². The topological polar surface area (TPSA) is 145 Å². The molecule has 196 valence electrons. The highest BCUT2D eigenvalue weighted by atomic mass is 19.4. The van der Waals surface area contributed by atoms with Gasteiger partial charge in [-0.25, -0.2) is 4.98 Å². The van der Waals surface area contributed by atoms with Crippen LogP contribution in [0.2, 0.25) is 0 Å². The van der Waals surface area contributed by atoms with Crippen molar-refractivity contribution in [3.8, 4) is 0 Å². The van der Waals surface area contributed by atoms with Crippen LogP contribution in [0, 0.1) is 11.8 Å². The summed E-state index contributed by atoms with van der Waals surface area (Å²) in [6.45, 7) is 2.71. The number of fused-ring (bicyclic) bond motifs is 1. The van der Waals surface area contributed by atoms with Gasteiger partial charge >= 0.3 is 6.36 Å².